The highest BCUT2D eigenvalue weighted by Gasteiger charge is 2.42. The average molecular weight is 290 g/mol. The summed E-state index contributed by atoms with van der Waals surface area (Å²) in [7, 11) is 1.45. The fraction of sp³-hybridized carbons (Fsp3) is 0.933. The molecule has 0 aromatic heterocycles. The van der Waals surface area contributed by atoms with Gasteiger partial charge in [0.1, 0.15) is 5.60 Å². The Morgan fingerprint density at radius 1 is 1.20 bits per heavy atom. The molecule has 0 aromatic carbocycles. The summed E-state index contributed by atoms with van der Waals surface area (Å²) in [5.74, 6) is -0.654. The van der Waals surface area contributed by atoms with Crippen LogP contribution in [0.2, 0.25) is 0 Å². The normalized spacial score (nSPS) is 19.9. The fourth-order valence-electron chi connectivity index (χ4n) is 1.94. The summed E-state index contributed by atoms with van der Waals surface area (Å²) >= 11 is 0. The van der Waals surface area contributed by atoms with Crippen molar-refractivity contribution in [1.29, 1.82) is 0 Å². The van der Waals surface area contributed by atoms with Crippen LogP contribution < -0.4 is 0 Å². The highest BCUT2D eigenvalue weighted by molar-refractivity contribution is 5.75. The van der Waals surface area contributed by atoms with Crippen molar-refractivity contribution in [2.45, 2.75) is 65.8 Å². The molecule has 0 saturated carbocycles. The molecule has 0 aliphatic heterocycles. The van der Waals surface area contributed by atoms with E-state index in [0.29, 0.717) is 6.42 Å². The summed E-state index contributed by atoms with van der Waals surface area (Å²) in [6, 6.07) is 0. The number of carbonyl (C=O) groups excluding carboxylic acids is 1. The first-order valence-corrected chi connectivity index (χ1v) is 7.09. The number of aliphatic hydroxyl groups is 2. The highest BCUT2D eigenvalue weighted by atomic mass is 16.5. The number of methoxy groups -OCH3 is 1. The maximum absolute atomic E-state index is 11.7. The first-order chi connectivity index (χ1) is 9.00. The van der Waals surface area contributed by atoms with Crippen molar-refractivity contribution < 1.29 is 24.5 Å². The number of hydrogen-bond acceptors (Lipinski definition) is 5. The third-order valence-electron chi connectivity index (χ3n) is 3.70. The lowest BCUT2D eigenvalue weighted by Crippen LogP contribution is -2.54. The predicted molar refractivity (Wildman–Crippen MR) is 77.3 cm³/mol. The second-order valence-corrected chi connectivity index (χ2v) is 6.58. The molecular formula is C15H30O5. The molecule has 0 aromatic rings. The predicted octanol–water partition coefficient (Wildman–Crippen LogP) is 1.75. The van der Waals surface area contributed by atoms with Gasteiger partial charge in [0.05, 0.1) is 24.2 Å². The van der Waals surface area contributed by atoms with Gasteiger partial charge in [-0.1, -0.05) is 13.8 Å². The minimum absolute atomic E-state index is 0.0899. The van der Waals surface area contributed by atoms with E-state index in [9.17, 15) is 15.0 Å². The van der Waals surface area contributed by atoms with Crippen LogP contribution in [0.3, 0.4) is 0 Å². The molecule has 5 nitrogen and oxygen atoms in total. The van der Waals surface area contributed by atoms with Gasteiger partial charge in [0.2, 0.25) is 0 Å². The van der Waals surface area contributed by atoms with Crippen LogP contribution in [-0.2, 0) is 14.3 Å². The number of ether oxygens (including phenoxy) is 2. The molecule has 5 heteroatoms. The van der Waals surface area contributed by atoms with Crippen molar-refractivity contribution in [3.8, 4) is 0 Å². The van der Waals surface area contributed by atoms with Gasteiger partial charge in [0.15, 0.2) is 0 Å². The summed E-state index contributed by atoms with van der Waals surface area (Å²) in [5, 5.41) is 20.4. The van der Waals surface area contributed by atoms with Gasteiger partial charge in [-0.2, -0.15) is 0 Å². The van der Waals surface area contributed by atoms with Crippen LogP contribution >= 0.6 is 0 Å². The van der Waals surface area contributed by atoms with Crippen molar-refractivity contribution in [2.75, 3.05) is 13.7 Å². The molecule has 0 aliphatic carbocycles. The summed E-state index contributed by atoms with van der Waals surface area (Å²) in [6.07, 6.45) is -1.26. The Hall–Kier alpha value is -0.650. The van der Waals surface area contributed by atoms with Gasteiger partial charge in [0, 0.05) is 13.0 Å². The molecule has 0 radical (unpaired) electrons. The fourth-order valence-corrected chi connectivity index (χ4v) is 1.94. The SMILES string of the molecule is CCC(O)C(C)(OC)C(O)C(C)COC(=O)C(C)(C)C. The smallest absolute Gasteiger partial charge is 0.311 e. The van der Waals surface area contributed by atoms with E-state index in [0.717, 1.165) is 0 Å². The lowest BCUT2D eigenvalue weighted by atomic mass is 9.84. The van der Waals surface area contributed by atoms with E-state index >= 15 is 0 Å². The Balaban J connectivity index is 4.69. The molecule has 0 rings (SSSR count). The molecule has 2 N–H and O–H groups in total. The summed E-state index contributed by atoms with van der Waals surface area (Å²) in [5.41, 5.74) is -1.65. The second kappa shape index (κ2) is 7.38. The van der Waals surface area contributed by atoms with Gasteiger partial charge >= 0.3 is 5.97 Å². The molecule has 0 amide bonds. The zero-order valence-electron chi connectivity index (χ0n) is 13.8. The zero-order valence-corrected chi connectivity index (χ0v) is 13.8. The van der Waals surface area contributed by atoms with Crippen LogP contribution in [-0.4, -0.2) is 47.7 Å². The van der Waals surface area contributed by atoms with Crippen LogP contribution in [0.15, 0.2) is 0 Å². The zero-order chi connectivity index (χ0) is 16.1. The van der Waals surface area contributed by atoms with Crippen molar-refractivity contribution in [3.05, 3.63) is 0 Å². The Bertz CT molecular complexity index is 310. The lowest BCUT2D eigenvalue weighted by Gasteiger charge is -2.39. The van der Waals surface area contributed by atoms with Crippen LogP contribution in [0.1, 0.15) is 48.0 Å². The Labute approximate surface area is 122 Å². The summed E-state index contributed by atoms with van der Waals surface area (Å²) in [6.45, 7) is 10.7. The van der Waals surface area contributed by atoms with Crippen molar-refractivity contribution in [1.82, 2.24) is 0 Å². The van der Waals surface area contributed by atoms with Crippen molar-refractivity contribution in [2.24, 2.45) is 11.3 Å². The molecule has 120 valence electrons. The van der Waals surface area contributed by atoms with E-state index in [4.69, 9.17) is 9.47 Å². The molecule has 20 heavy (non-hydrogen) atoms. The highest BCUT2D eigenvalue weighted by Crippen LogP contribution is 2.27. The van der Waals surface area contributed by atoms with E-state index in [2.05, 4.69) is 0 Å². The van der Waals surface area contributed by atoms with Gasteiger partial charge in [-0.25, -0.2) is 0 Å². The minimum Gasteiger partial charge on any atom is -0.465 e. The lowest BCUT2D eigenvalue weighted by molar-refractivity contribution is -0.179. The summed E-state index contributed by atoms with van der Waals surface area (Å²) in [4.78, 5) is 11.7. The second-order valence-electron chi connectivity index (χ2n) is 6.58. The van der Waals surface area contributed by atoms with Crippen molar-refractivity contribution >= 4 is 5.97 Å². The maximum Gasteiger partial charge on any atom is 0.311 e. The summed E-state index contributed by atoms with van der Waals surface area (Å²) < 4.78 is 10.5. The van der Waals surface area contributed by atoms with E-state index in [-0.39, 0.29) is 18.5 Å². The van der Waals surface area contributed by atoms with Gasteiger partial charge in [-0.05, 0) is 34.1 Å². The number of rotatable bonds is 7. The number of carbonyl (C=O) groups is 1. The monoisotopic (exact) mass is 290 g/mol. The molecule has 0 bridgehead atoms. The Morgan fingerprint density at radius 2 is 1.70 bits per heavy atom. The Kier molecular flexibility index (Phi) is 7.14. The average Bonchev–Trinajstić information content (AvgIpc) is 2.40. The van der Waals surface area contributed by atoms with Crippen LogP contribution in [0.4, 0.5) is 0 Å². The van der Waals surface area contributed by atoms with Crippen LogP contribution in [0.5, 0.6) is 0 Å². The maximum atomic E-state index is 11.7. The van der Waals surface area contributed by atoms with Gasteiger partial charge in [-0.3, -0.25) is 4.79 Å². The standard InChI is InChI=1S/C15H30O5/c1-8-11(16)15(6,19-7)12(17)10(2)9-20-13(18)14(3,4)5/h10-12,16-17H,8-9H2,1-7H3. The van der Waals surface area contributed by atoms with E-state index in [1.807, 2.05) is 6.92 Å². The molecule has 0 aliphatic rings. The molecule has 0 saturated heterocycles. The molecule has 0 heterocycles. The van der Waals surface area contributed by atoms with Crippen LogP contribution in [0, 0.1) is 11.3 Å². The molecule has 4 atom stereocenters. The molecule has 0 spiro atoms. The van der Waals surface area contributed by atoms with E-state index in [1.54, 1.807) is 34.6 Å². The van der Waals surface area contributed by atoms with Crippen molar-refractivity contribution in [3.63, 3.8) is 0 Å². The first kappa shape index (κ1) is 19.4. The van der Waals surface area contributed by atoms with Gasteiger partial charge in [0.25, 0.3) is 0 Å². The quantitative estimate of drug-likeness (QED) is 0.699. The molecule has 4 unspecified atom stereocenters. The first-order valence-electron chi connectivity index (χ1n) is 7.09. The number of aliphatic hydroxyl groups excluding tert-OH is 2. The number of esters is 1. The Morgan fingerprint density at radius 3 is 2.05 bits per heavy atom. The number of hydrogen-bond donors (Lipinski definition) is 2. The molecular weight excluding hydrogens is 260 g/mol. The largest absolute Gasteiger partial charge is 0.465 e. The topological polar surface area (TPSA) is 76.0 Å². The third-order valence-corrected chi connectivity index (χ3v) is 3.70. The van der Waals surface area contributed by atoms with Crippen LogP contribution in [0.25, 0.3) is 0 Å². The van der Waals surface area contributed by atoms with E-state index in [1.165, 1.54) is 7.11 Å². The van der Waals surface area contributed by atoms with Gasteiger partial charge in [-0.15, -0.1) is 0 Å². The third kappa shape index (κ3) is 4.72. The van der Waals surface area contributed by atoms with Gasteiger partial charge < -0.3 is 19.7 Å². The minimum atomic E-state index is -1.08. The molecule has 0 fully saturated rings. The van der Waals surface area contributed by atoms with E-state index < -0.39 is 23.2 Å².